The van der Waals surface area contributed by atoms with E-state index in [1.165, 1.54) is 6.07 Å². The molecule has 2 heterocycles. The number of alkyl halides is 3. The fourth-order valence-corrected chi connectivity index (χ4v) is 1.53. The Balaban J connectivity index is 2.77. The van der Waals surface area contributed by atoms with Gasteiger partial charge in [-0.2, -0.15) is 18.3 Å². The molecule has 0 spiro atoms. The van der Waals surface area contributed by atoms with Gasteiger partial charge in [0.25, 0.3) is 0 Å². The zero-order chi connectivity index (χ0) is 12.8. The molecule has 0 fully saturated rings. The van der Waals surface area contributed by atoms with Gasteiger partial charge in [0.05, 0.1) is 17.6 Å². The molecule has 0 amide bonds. The number of nitrogen functional groups attached to an aromatic ring is 1. The van der Waals surface area contributed by atoms with Crippen LogP contribution in [0.2, 0.25) is 0 Å². The standard InChI is InChI=1S/C10H11F3N4/c1-5(2)7-3-8-15-4-6(14)9(10(11,12)13)17(8)16-7/h3-5H,14H2,1-2H3. The van der Waals surface area contributed by atoms with Crippen LogP contribution in [0.25, 0.3) is 5.65 Å². The molecular formula is C10H11F3N4. The lowest BCUT2D eigenvalue weighted by Crippen LogP contribution is -2.16. The smallest absolute Gasteiger partial charge is 0.396 e. The second kappa shape index (κ2) is 3.61. The van der Waals surface area contributed by atoms with Crippen LogP contribution in [0.1, 0.15) is 31.2 Å². The van der Waals surface area contributed by atoms with E-state index in [0.29, 0.717) is 5.69 Å². The van der Waals surface area contributed by atoms with Crippen LogP contribution in [0.5, 0.6) is 0 Å². The summed E-state index contributed by atoms with van der Waals surface area (Å²) in [5, 5.41) is 3.89. The molecular weight excluding hydrogens is 233 g/mol. The minimum atomic E-state index is -4.55. The van der Waals surface area contributed by atoms with Gasteiger partial charge in [-0.15, -0.1) is 0 Å². The van der Waals surface area contributed by atoms with Crippen LogP contribution in [0, 0.1) is 0 Å². The van der Waals surface area contributed by atoms with E-state index in [4.69, 9.17) is 5.73 Å². The van der Waals surface area contributed by atoms with E-state index >= 15 is 0 Å². The van der Waals surface area contributed by atoms with Gasteiger partial charge >= 0.3 is 6.18 Å². The lowest BCUT2D eigenvalue weighted by Gasteiger charge is -2.10. The van der Waals surface area contributed by atoms with Gasteiger partial charge in [-0.1, -0.05) is 13.8 Å². The summed E-state index contributed by atoms with van der Waals surface area (Å²) in [5.74, 6) is 0.0269. The van der Waals surface area contributed by atoms with Gasteiger partial charge in [-0.25, -0.2) is 9.50 Å². The zero-order valence-electron chi connectivity index (χ0n) is 9.28. The maximum absolute atomic E-state index is 12.8. The molecule has 0 atom stereocenters. The summed E-state index contributed by atoms with van der Waals surface area (Å²) in [6, 6.07) is 1.53. The average Bonchev–Trinajstić information content (AvgIpc) is 2.58. The lowest BCUT2D eigenvalue weighted by molar-refractivity contribution is -0.141. The van der Waals surface area contributed by atoms with Gasteiger partial charge in [0.1, 0.15) is 0 Å². The Hall–Kier alpha value is -1.79. The van der Waals surface area contributed by atoms with E-state index in [1.807, 2.05) is 13.8 Å². The fraction of sp³-hybridized carbons (Fsp3) is 0.400. The van der Waals surface area contributed by atoms with Crippen molar-refractivity contribution in [3.8, 4) is 0 Å². The summed E-state index contributed by atoms with van der Waals surface area (Å²) in [7, 11) is 0. The summed E-state index contributed by atoms with van der Waals surface area (Å²) in [4.78, 5) is 3.83. The summed E-state index contributed by atoms with van der Waals surface area (Å²) in [6.45, 7) is 3.69. The molecule has 4 nitrogen and oxygen atoms in total. The number of aromatic nitrogens is 3. The molecule has 2 aromatic rings. The molecule has 17 heavy (non-hydrogen) atoms. The molecule has 0 aliphatic heterocycles. The van der Waals surface area contributed by atoms with Crippen molar-refractivity contribution in [1.29, 1.82) is 0 Å². The van der Waals surface area contributed by atoms with Crippen molar-refractivity contribution in [3.05, 3.63) is 23.7 Å². The second-order valence-corrected chi connectivity index (χ2v) is 4.05. The number of halogens is 3. The van der Waals surface area contributed by atoms with Gasteiger partial charge in [0.15, 0.2) is 11.3 Å². The zero-order valence-corrected chi connectivity index (χ0v) is 9.28. The highest BCUT2D eigenvalue weighted by Gasteiger charge is 2.37. The number of rotatable bonds is 1. The quantitative estimate of drug-likeness (QED) is 0.838. The van der Waals surface area contributed by atoms with E-state index in [-0.39, 0.29) is 11.6 Å². The minimum Gasteiger partial charge on any atom is -0.396 e. The van der Waals surface area contributed by atoms with E-state index in [1.54, 1.807) is 0 Å². The molecule has 0 aromatic carbocycles. The lowest BCUT2D eigenvalue weighted by atomic mass is 10.1. The highest BCUT2D eigenvalue weighted by molar-refractivity contribution is 5.51. The Morgan fingerprint density at radius 1 is 1.35 bits per heavy atom. The highest BCUT2D eigenvalue weighted by atomic mass is 19.4. The molecule has 0 radical (unpaired) electrons. The Labute approximate surface area is 95.3 Å². The normalized spacial score (nSPS) is 12.6. The average molecular weight is 244 g/mol. The van der Waals surface area contributed by atoms with E-state index in [2.05, 4.69) is 10.1 Å². The van der Waals surface area contributed by atoms with Crippen LogP contribution in [0.15, 0.2) is 12.3 Å². The van der Waals surface area contributed by atoms with Gasteiger partial charge in [-0.3, -0.25) is 0 Å². The van der Waals surface area contributed by atoms with Crippen LogP contribution in [-0.4, -0.2) is 14.6 Å². The highest BCUT2D eigenvalue weighted by Crippen LogP contribution is 2.33. The van der Waals surface area contributed by atoms with E-state index in [0.717, 1.165) is 10.7 Å². The Morgan fingerprint density at radius 3 is 2.53 bits per heavy atom. The number of nitrogens with zero attached hydrogens (tertiary/aromatic N) is 3. The van der Waals surface area contributed by atoms with Crippen molar-refractivity contribution in [2.45, 2.75) is 25.9 Å². The molecule has 0 saturated carbocycles. The summed E-state index contributed by atoms with van der Waals surface area (Å²) < 4.78 is 39.2. The topological polar surface area (TPSA) is 56.2 Å². The van der Waals surface area contributed by atoms with Crippen LogP contribution < -0.4 is 5.73 Å². The molecule has 0 aliphatic rings. The third-order valence-corrected chi connectivity index (χ3v) is 2.39. The first-order chi connectivity index (χ1) is 7.80. The molecule has 0 saturated heterocycles. The monoisotopic (exact) mass is 244 g/mol. The van der Waals surface area contributed by atoms with Crippen molar-refractivity contribution in [1.82, 2.24) is 14.6 Å². The second-order valence-electron chi connectivity index (χ2n) is 4.05. The van der Waals surface area contributed by atoms with Crippen molar-refractivity contribution >= 4 is 11.3 Å². The van der Waals surface area contributed by atoms with Crippen LogP contribution in [0.4, 0.5) is 18.9 Å². The van der Waals surface area contributed by atoms with E-state index < -0.39 is 17.6 Å². The SMILES string of the molecule is CC(C)c1cc2ncc(N)c(C(F)(F)F)n2n1. The van der Waals surface area contributed by atoms with E-state index in [9.17, 15) is 13.2 Å². The van der Waals surface area contributed by atoms with Crippen LogP contribution in [0.3, 0.4) is 0 Å². The number of anilines is 1. The maximum Gasteiger partial charge on any atom is 0.435 e. The maximum atomic E-state index is 12.8. The first kappa shape index (κ1) is 11.7. The molecule has 0 bridgehead atoms. The minimum absolute atomic E-state index is 0.0269. The molecule has 2 rings (SSSR count). The van der Waals surface area contributed by atoms with Crippen molar-refractivity contribution < 1.29 is 13.2 Å². The van der Waals surface area contributed by atoms with Crippen molar-refractivity contribution in [2.75, 3.05) is 5.73 Å². The van der Waals surface area contributed by atoms with Gasteiger partial charge < -0.3 is 5.73 Å². The number of hydrogen-bond acceptors (Lipinski definition) is 3. The van der Waals surface area contributed by atoms with Gasteiger partial charge in [0.2, 0.25) is 0 Å². The third-order valence-electron chi connectivity index (χ3n) is 2.39. The predicted octanol–water partition coefficient (Wildman–Crippen LogP) is 2.45. The molecule has 2 aromatic heterocycles. The Kier molecular flexibility index (Phi) is 2.48. The largest absolute Gasteiger partial charge is 0.435 e. The summed E-state index contributed by atoms with van der Waals surface area (Å²) in [5.41, 5.74) is 4.61. The van der Waals surface area contributed by atoms with Gasteiger partial charge in [-0.05, 0) is 5.92 Å². The third kappa shape index (κ3) is 1.92. The van der Waals surface area contributed by atoms with Crippen LogP contribution >= 0.6 is 0 Å². The fourth-order valence-electron chi connectivity index (χ4n) is 1.53. The van der Waals surface area contributed by atoms with Crippen LogP contribution in [-0.2, 0) is 6.18 Å². The molecule has 2 N–H and O–H groups in total. The summed E-state index contributed by atoms with van der Waals surface area (Å²) >= 11 is 0. The first-order valence-corrected chi connectivity index (χ1v) is 5.02. The number of nitrogens with two attached hydrogens (primary N) is 1. The number of hydrogen-bond donors (Lipinski definition) is 1. The van der Waals surface area contributed by atoms with Crippen molar-refractivity contribution in [2.24, 2.45) is 0 Å². The molecule has 92 valence electrons. The predicted molar refractivity (Wildman–Crippen MR) is 56.5 cm³/mol. The Morgan fingerprint density at radius 2 is 2.00 bits per heavy atom. The molecule has 0 aliphatic carbocycles. The molecule has 7 heteroatoms. The van der Waals surface area contributed by atoms with Crippen molar-refractivity contribution in [3.63, 3.8) is 0 Å². The Bertz CT molecular complexity index is 556. The number of fused-ring (bicyclic) bond motifs is 1. The summed E-state index contributed by atoms with van der Waals surface area (Å²) in [6.07, 6.45) is -3.55. The van der Waals surface area contributed by atoms with Gasteiger partial charge in [0, 0.05) is 6.07 Å². The first-order valence-electron chi connectivity index (χ1n) is 5.02. The molecule has 0 unspecified atom stereocenters.